The van der Waals surface area contributed by atoms with E-state index in [0.717, 1.165) is 18.7 Å². The highest BCUT2D eigenvalue weighted by molar-refractivity contribution is 7.85. The average molecular weight is 323 g/mol. The number of rotatable bonds is 5. The summed E-state index contributed by atoms with van der Waals surface area (Å²) in [4.78, 5) is 0. The normalized spacial score (nSPS) is 17.5. The first-order chi connectivity index (χ1) is 10.5. The summed E-state index contributed by atoms with van der Waals surface area (Å²) in [6, 6.07) is 9.76. The summed E-state index contributed by atoms with van der Waals surface area (Å²) in [5.74, 6) is 6.03. The summed E-state index contributed by atoms with van der Waals surface area (Å²) in [6.45, 7) is 4.21. The van der Waals surface area contributed by atoms with Gasteiger partial charge in [0.05, 0.1) is 29.9 Å². The predicted molar refractivity (Wildman–Crippen MR) is 83.0 cm³/mol. The zero-order chi connectivity index (χ0) is 15.9. The largest absolute Gasteiger partial charge is 0.748 e. The summed E-state index contributed by atoms with van der Waals surface area (Å²) in [5.41, 5.74) is 0.969. The Morgan fingerprint density at radius 3 is 2.50 bits per heavy atom. The Hall–Kier alpha value is -1.39. The quantitative estimate of drug-likeness (QED) is 0.457. The van der Waals surface area contributed by atoms with E-state index in [9.17, 15) is 13.0 Å². The molecule has 0 N–H and O–H groups in total. The van der Waals surface area contributed by atoms with E-state index in [1.165, 1.54) is 0 Å². The summed E-state index contributed by atoms with van der Waals surface area (Å²) >= 11 is 0. The van der Waals surface area contributed by atoms with Crippen LogP contribution in [-0.4, -0.2) is 62.6 Å². The van der Waals surface area contributed by atoms with Crippen molar-refractivity contribution in [3.05, 3.63) is 35.9 Å². The fourth-order valence-corrected chi connectivity index (χ4v) is 3.08. The molecule has 0 radical (unpaired) electrons. The van der Waals surface area contributed by atoms with Crippen LogP contribution in [-0.2, 0) is 14.9 Å². The molecule has 1 aromatic rings. The van der Waals surface area contributed by atoms with E-state index in [1.54, 1.807) is 0 Å². The molecule has 1 heterocycles. The van der Waals surface area contributed by atoms with Crippen LogP contribution in [0, 0.1) is 11.8 Å². The van der Waals surface area contributed by atoms with Gasteiger partial charge in [0.2, 0.25) is 0 Å². The van der Waals surface area contributed by atoms with Crippen LogP contribution in [0.15, 0.2) is 30.3 Å². The first-order valence-corrected chi connectivity index (χ1v) is 8.97. The van der Waals surface area contributed by atoms with E-state index in [2.05, 4.69) is 11.8 Å². The van der Waals surface area contributed by atoms with E-state index < -0.39 is 10.1 Å². The number of ether oxygens (including phenoxy) is 1. The van der Waals surface area contributed by atoms with Crippen molar-refractivity contribution in [3.8, 4) is 11.8 Å². The summed E-state index contributed by atoms with van der Waals surface area (Å²) in [7, 11) is -4.14. The lowest BCUT2D eigenvalue weighted by Crippen LogP contribution is -2.56. The number of hydrogen-bond donors (Lipinski definition) is 0. The number of benzene rings is 1. The second-order valence-corrected chi connectivity index (χ2v) is 7.09. The van der Waals surface area contributed by atoms with E-state index in [4.69, 9.17) is 4.74 Å². The Morgan fingerprint density at radius 1 is 1.18 bits per heavy atom. The maximum absolute atomic E-state index is 10.8. The summed E-state index contributed by atoms with van der Waals surface area (Å²) < 4.78 is 38.4. The molecule has 1 fully saturated rings. The predicted octanol–water partition coefficient (Wildman–Crippen LogP) is 0.820. The third-order valence-corrected chi connectivity index (χ3v) is 4.66. The van der Waals surface area contributed by atoms with Crippen LogP contribution in [0.4, 0.5) is 0 Å². The Balaban J connectivity index is 1.98. The maximum Gasteiger partial charge on any atom is 0.141 e. The summed E-state index contributed by atoms with van der Waals surface area (Å²) in [5, 5.41) is 0. The molecule has 1 aliphatic heterocycles. The van der Waals surface area contributed by atoms with Crippen molar-refractivity contribution < 1.29 is 22.2 Å². The molecule has 0 unspecified atom stereocenters. The molecule has 0 saturated carbocycles. The second kappa shape index (κ2) is 7.75. The molecule has 0 atom stereocenters. The van der Waals surface area contributed by atoms with Gasteiger partial charge in [-0.3, -0.25) is 0 Å². The standard InChI is InChI=1S/C16H21NO4S/c18-22(19,20)15-5-10-17(11-13-21-14-12-17)9-4-8-16-6-2-1-3-7-16/h1-3,6-7H,5,9-15H2. The van der Waals surface area contributed by atoms with Crippen molar-refractivity contribution >= 4 is 10.1 Å². The van der Waals surface area contributed by atoms with Gasteiger partial charge in [-0.25, -0.2) is 8.42 Å². The lowest BCUT2D eigenvalue weighted by Gasteiger charge is -2.40. The Morgan fingerprint density at radius 2 is 1.86 bits per heavy atom. The first-order valence-electron chi connectivity index (χ1n) is 7.40. The minimum absolute atomic E-state index is 0.306. The van der Waals surface area contributed by atoms with Gasteiger partial charge in [-0.15, -0.1) is 0 Å². The molecule has 0 spiro atoms. The highest BCUT2D eigenvalue weighted by Crippen LogP contribution is 2.12. The van der Waals surface area contributed by atoms with Crippen molar-refractivity contribution in [2.75, 3.05) is 45.1 Å². The zero-order valence-corrected chi connectivity index (χ0v) is 13.3. The molecule has 0 aromatic heterocycles. The number of morpholine rings is 1. The molecule has 5 nitrogen and oxygen atoms in total. The molecule has 22 heavy (non-hydrogen) atoms. The van der Waals surface area contributed by atoms with Crippen molar-refractivity contribution in [2.45, 2.75) is 6.42 Å². The van der Waals surface area contributed by atoms with E-state index in [0.29, 0.717) is 37.2 Å². The smallest absolute Gasteiger partial charge is 0.141 e. The number of quaternary nitrogens is 1. The van der Waals surface area contributed by atoms with Gasteiger partial charge in [0.1, 0.15) is 19.6 Å². The SMILES string of the molecule is O=S(=O)([O-])CCC[N+]1(CC#Cc2ccccc2)CCOCC1. The van der Waals surface area contributed by atoms with E-state index in [-0.39, 0.29) is 5.75 Å². The van der Waals surface area contributed by atoms with Crippen LogP contribution in [0.25, 0.3) is 0 Å². The molecule has 6 heteroatoms. The van der Waals surface area contributed by atoms with Gasteiger partial charge in [0, 0.05) is 17.7 Å². The minimum Gasteiger partial charge on any atom is -0.748 e. The molecule has 0 amide bonds. The van der Waals surface area contributed by atoms with Gasteiger partial charge >= 0.3 is 0 Å². The highest BCUT2D eigenvalue weighted by atomic mass is 32.2. The highest BCUT2D eigenvalue weighted by Gasteiger charge is 2.29. The molecule has 1 saturated heterocycles. The molecule has 0 aliphatic carbocycles. The average Bonchev–Trinajstić information content (AvgIpc) is 2.48. The van der Waals surface area contributed by atoms with Gasteiger partial charge in [-0.05, 0) is 18.1 Å². The number of hydrogen-bond acceptors (Lipinski definition) is 4. The molecule has 1 aliphatic rings. The molecular weight excluding hydrogens is 302 g/mol. The van der Waals surface area contributed by atoms with Crippen LogP contribution in [0.3, 0.4) is 0 Å². The van der Waals surface area contributed by atoms with Crippen LogP contribution in [0.5, 0.6) is 0 Å². The minimum atomic E-state index is -4.14. The molecule has 0 bridgehead atoms. The van der Waals surface area contributed by atoms with Gasteiger partial charge in [0.15, 0.2) is 0 Å². The van der Waals surface area contributed by atoms with Crippen molar-refractivity contribution in [1.82, 2.24) is 0 Å². The Labute approximate surface area is 132 Å². The van der Waals surface area contributed by atoms with Gasteiger partial charge < -0.3 is 13.8 Å². The van der Waals surface area contributed by atoms with Gasteiger partial charge in [-0.1, -0.05) is 24.1 Å². The van der Waals surface area contributed by atoms with Crippen molar-refractivity contribution in [3.63, 3.8) is 0 Å². The molecular formula is C16H21NO4S. The van der Waals surface area contributed by atoms with Gasteiger partial charge in [-0.2, -0.15) is 0 Å². The third-order valence-electron chi connectivity index (χ3n) is 3.87. The van der Waals surface area contributed by atoms with Crippen LogP contribution < -0.4 is 0 Å². The van der Waals surface area contributed by atoms with Gasteiger partial charge in [0.25, 0.3) is 0 Å². The summed E-state index contributed by atoms with van der Waals surface area (Å²) in [6.07, 6.45) is 0.374. The lowest BCUT2D eigenvalue weighted by molar-refractivity contribution is -0.928. The van der Waals surface area contributed by atoms with Crippen molar-refractivity contribution in [1.29, 1.82) is 0 Å². The topological polar surface area (TPSA) is 66.4 Å². The molecule has 2 rings (SSSR count). The zero-order valence-electron chi connectivity index (χ0n) is 12.5. The van der Waals surface area contributed by atoms with Crippen LogP contribution >= 0.6 is 0 Å². The fraction of sp³-hybridized carbons (Fsp3) is 0.500. The second-order valence-electron chi connectivity index (χ2n) is 5.57. The fourth-order valence-electron chi connectivity index (χ4n) is 2.60. The lowest BCUT2D eigenvalue weighted by atomic mass is 10.2. The first kappa shape index (κ1) is 17.0. The Kier molecular flexibility index (Phi) is 5.98. The number of nitrogens with zero attached hydrogens (tertiary/aromatic N) is 1. The third kappa shape index (κ3) is 5.78. The molecule has 1 aromatic carbocycles. The monoisotopic (exact) mass is 323 g/mol. The van der Waals surface area contributed by atoms with Crippen LogP contribution in [0.1, 0.15) is 12.0 Å². The maximum atomic E-state index is 10.8. The Bertz CT molecular complexity index is 625. The van der Waals surface area contributed by atoms with Crippen LogP contribution in [0.2, 0.25) is 0 Å². The van der Waals surface area contributed by atoms with Crippen molar-refractivity contribution in [2.24, 2.45) is 0 Å². The van der Waals surface area contributed by atoms with E-state index in [1.807, 2.05) is 30.3 Å². The van der Waals surface area contributed by atoms with E-state index >= 15 is 0 Å². The molecule has 120 valence electrons.